The summed E-state index contributed by atoms with van der Waals surface area (Å²) in [5.41, 5.74) is 1.21. The summed E-state index contributed by atoms with van der Waals surface area (Å²) >= 11 is 2.53. The van der Waals surface area contributed by atoms with E-state index in [0.717, 1.165) is 28.7 Å². The number of fused-ring (bicyclic) bond motifs is 1. The molecule has 7 heteroatoms. The van der Waals surface area contributed by atoms with Crippen LogP contribution >= 0.6 is 23.1 Å². The fourth-order valence-corrected chi connectivity index (χ4v) is 3.71. The minimum absolute atomic E-state index is 0.0728. The van der Waals surface area contributed by atoms with Gasteiger partial charge in [-0.15, -0.1) is 11.8 Å². The van der Waals surface area contributed by atoms with Crippen molar-refractivity contribution in [2.24, 2.45) is 0 Å². The number of hydrogen-bond donors (Lipinski definition) is 1. The molecule has 2 aromatic carbocycles. The Morgan fingerprint density at radius 1 is 1.22 bits per heavy atom. The first-order chi connectivity index (χ1) is 11.1. The summed E-state index contributed by atoms with van der Waals surface area (Å²) in [6.07, 6.45) is 0. The van der Waals surface area contributed by atoms with Crippen LogP contribution in [0.3, 0.4) is 0 Å². The molecule has 3 rings (SSSR count). The molecule has 0 fully saturated rings. The van der Waals surface area contributed by atoms with E-state index in [0.29, 0.717) is 4.70 Å². The predicted molar refractivity (Wildman–Crippen MR) is 90.8 cm³/mol. The third-order valence-corrected chi connectivity index (χ3v) is 4.93. The molecule has 0 unspecified atom stereocenters. The summed E-state index contributed by atoms with van der Waals surface area (Å²) in [6, 6.07) is 11.8. The van der Waals surface area contributed by atoms with Gasteiger partial charge in [0.1, 0.15) is 11.3 Å². The first-order valence-corrected chi connectivity index (χ1v) is 8.76. The van der Waals surface area contributed by atoms with Gasteiger partial charge in [-0.3, -0.25) is 4.79 Å². The van der Waals surface area contributed by atoms with E-state index < -0.39 is 11.6 Å². The largest absolute Gasteiger partial charge is 0.301 e. The van der Waals surface area contributed by atoms with Crippen LogP contribution in [0.4, 0.5) is 13.9 Å². The van der Waals surface area contributed by atoms with Gasteiger partial charge in [-0.25, -0.2) is 13.8 Å². The molecule has 118 valence electrons. The quantitative estimate of drug-likeness (QED) is 0.739. The number of rotatable bonds is 5. The molecule has 0 bridgehead atoms. The molecular weight excluding hydrogens is 338 g/mol. The van der Waals surface area contributed by atoms with Crippen LogP contribution in [0, 0.1) is 11.6 Å². The van der Waals surface area contributed by atoms with Crippen molar-refractivity contribution < 1.29 is 13.6 Å². The number of thiazole rings is 1. The summed E-state index contributed by atoms with van der Waals surface area (Å²) in [4.78, 5) is 15.9. The van der Waals surface area contributed by atoms with E-state index in [-0.39, 0.29) is 22.3 Å². The van der Waals surface area contributed by atoms with Crippen molar-refractivity contribution in [2.75, 3.05) is 11.1 Å². The highest BCUT2D eigenvalue weighted by Gasteiger charge is 2.12. The van der Waals surface area contributed by atoms with Crippen LogP contribution in [-0.2, 0) is 10.5 Å². The Bertz CT molecular complexity index is 837. The van der Waals surface area contributed by atoms with Crippen LogP contribution < -0.4 is 5.32 Å². The fourth-order valence-electron chi connectivity index (χ4n) is 2.00. The monoisotopic (exact) mass is 350 g/mol. The van der Waals surface area contributed by atoms with Crippen molar-refractivity contribution >= 4 is 44.4 Å². The summed E-state index contributed by atoms with van der Waals surface area (Å²) in [6.45, 7) is 0. The van der Waals surface area contributed by atoms with Crippen molar-refractivity contribution in [2.45, 2.75) is 5.75 Å². The van der Waals surface area contributed by atoms with Crippen molar-refractivity contribution in [1.82, 2.24) is 4.98 Å². The van der Waals surface area contributed by atoms with Gasteiger partial charge in [0.25, 0.3) is 0 Å². The van der Waals surface area contributed by atoms with Crippen molar-refractivity contribution in [3.8, 4) is 0 Å². The van der Waals surface area contributed by atoms with E-state index in [1.54, 1.807) is 0 Å². The second kappa shape index (κ2) is 7.06. The number of carbonyl (C=O) groups is 1. The van der Waals surface area contributed by atoms with Crippen molar-refractivity contribution in [3.63, 3.8) is 0 Å². The number of aromatic nitrogens is 1. The number of benzene rings is 2. The highest BCUT2D eigenvalue weighted by Crippen LogP contribution is 2.28. The van der Waals surface area contributed by atoms with E-state index in [4.69, 9.17) is 0 Å². The van der Waals surface area contributed by atoms with Crippen molar-refractivity contribution in [1.29, 1.82) is 0 Å². The van der Waals surface area contributed by atoms with Gasteiger partial charge < -0.3 is 5.32 Å². The molecule has 1 heterocycles. The highest BCUT2D eigenvalue weighted by molar-refractivity contribution is 7.99. The lowest BCUT2D eigenvalue weighted by molar-refractivity contribution is -0.113. The summed E-state index contributed by atoms with van der Waals surface area (Å²) in [5.74, 6) is -0.605. The second-order valence-corrected chi connectivity index (χ2v) is 6.80. The first kappa shape index (κ1) is 15.9. The second-order valence-electron chi connectivity index (χ2n) is 4.78. The van der Waals surface area contributed by atoms with Gasteiger partial charge in [-0.1, -0.05) is 41.7 Å². The normalized spacial score (nSPS) is 10.9. The first-order valence-electron chi connectivity index (χ1n) is 6.79. The lowest BCUT2D eigenvalue weighted by atomic mass is 10.2. The molecule has 0 saturated heterocycles. The average molecular weight is 350 g/mol. The fraction of sp³-hybridized carbons (Fsp3) is 0.125. The van der Waals surface area contributed by atoms with Gasteiger partial charge >= 0.3 is 0 Å². The molecule has 0 spiro atoms. The van der Waals surface area contributed by atoms with Gasteiger partial charge in [0.2, 0.25) is 5.91 Å². The number of nitrogens with one attached hydrogen (secondary N) is 1. The maximum atomic E-state index is 13.6. The predicted octanol–water partition coefficient (Wildman–Crippen LogP) is 4.45. The van der Waals surface area contributed by atoms with E-state index in [1.807, 2.05) is 30.3 Å². The smallest absolute Gasteiger partial charge is 0.236 e. The van der Waals surface area contributed by atoms with Crippen LogP contribution in [-0.4, -0.2) is 16.6 Å². The molecule has 1 aromatic heterocycles. The lowest BCUT2D eigenvalue weighted by Gasteiger charge is -2.02. The zero-order valence-electron chi connectivity index (χ0n) is 11.9. The summed E-state index contributed by atoms with van der Waals surface area (Å²) in [5, 5.41) is 2.90. The average Bonchev–Trinajstić information content (AvgIpc) is 2.91. The van der Waals surface area contributed by atoms with E-state index in [2.05, 4.69) is 10.3 Å². The summed E-state index contributed by atoms with van der Waals surface area (Å²) in [7, 11) is 0. The number of halogens is 2. The Kier molecular flexibility index (Phi) is 4.88. The Balaban J connectivity index is 1.58. The number of nitrogens with zero attached hydrogens (tertiary/aromatic N) is 1. The van der Waals surface area contributed by atoms with Crippen LogP contribution in [0.15, 0.2) is 42.5 Å². The maximum absolute atomic E-state index is 13.6. The van der Waals surface area contributed by atoms with Gasteiger partial charge in [0.15, 0.2) is 10.9 Å². The number of thioether (sulfide) groups is 1. The van der Waals surface area contributed by atoms with Crippen LogP contribution in [0.2, 0.25) is 0 Å². The maximum Gasteiger partial charge on any atom is 0.236 e. The molecule has 3 nitrogen and oxygen atoms in total. The summed E-state index contributed by atoms with van der Waals surface area (Å²) < 4.78 is 27.1. The Labute approximate surface area is 139 Å². The van der Waals surface area contributed by atoms with E-state index in [1.165, 1.54) is 17.8 Å². The molecule has 0 aliphatic rings. The minimum atomic E-state index is -0.727. The van der Waals surface area contributed by atoms with Gasteiger partial charge in [-0.2, -0.15) is 0 Å². The third kappa shape index (κ3) is 4.05. The van der Waals surface area contributed by atoms with Gasteiger partial charge in [-0.05, 0) is 11.6 Å². The lowest BCUT2D eigenvalue weighted by Crippen LogP contribution is -2.13. The van der Waals surface area contributed by atoms with Gasteiger partial charge in [0, 0.05) is 11.8 Å². The molecule has 0 aliphatic heterocycles. The Morgan fingerprint density at radius 3 is 2.78 bits per heavy atom. The Hall–Kier alpha value is -1.99. The third-order valence-electron chi connectivity index (χ3n) is 3.00. The number of hydrogen-bond acceptors (Lipinski definition) is 4. The zero-order valence-corrected chi connectivity index (χ0v) is 13.5. The standard InChI is InChI=1S/C16H12F2N2OS2/c17-11-6-12(18)15-13(7-11)23-16(20-15)19-14(21)9-22-8-10-4-2-1-3-5-10/h1-7H,8-9H2,(H,19,20,21). The van der Waals surface area contributed by atoms with E-state index >= 15 is 0 Å². The van der Waals surface area contributed by atoms with E-state index in [9.17, 15) is 13.6 Å². The Morgan fingerprint density at radius 2 is 2.00 bits per heavy atom. The zero-order chi connectivity index (χ0) is 16.2. The molecule has 0 radical (unpaired) electrons. The molecular formula is C16H12F2N2OS2. The molecule has 3 aromatic rings. The van der Waals surface area contributed by atoms with Crippen LogP contribution in [0.25, 0.3) is 10.2 Å². The number of anilines is 1. The molecule has 23 heavy (non-hydrogen) atoms. The molecule has 0 saturated carbocycles. The SMILES string of the molecule is O=C(CSCc1ccccc1)Nc1nc2c(F)cc(F)cc2s1. The molecule has 1 amide bonds. The van der Waals surface area contributed by atoms with Crippen LogP contribution in [0.1, 0.15) is 5.56 Å². The minimum Gasteiger partial charge on any atom is -0.301 e. The van der Waals surface area contributed by atoms with Crippen molar-refractivity contribution in [3.05, 3.63) is 59.7 Å². The molecule has 1 N–H and O–H groups in total. The number of carbonyl (C=O) groups excluding carboxylic acids is 1. The highest BCUT2D eigenvalue weighted by atomic mass is 32.2. The topological polar surface area (TPSA) is 42.0 Å². The molecule has 0 atom stereocenters. The number of amides is 1. The van der Waals surface area contributed by atoms with Crippen LogP contribution in [0.5, 0.6) is 0 Å². The van der Waals surface area contributed by atoms with Gasteiger partial charge in [0.05, 0.1) is 10.5 Å². The molecule has 0 aliphatic carbocycles.